The van der Waals surface area contributed by atoms with Gasteiger partial charge < -0.3 is 20.7 Å². The maximum absolute atomic E-state index is 13.7. The third kappa shape index (κ3) is 9.43. The molecule has 1 amide bonds. The number of hydrogen-bond acceptors (Lipinski definition) is 3. The lowest BCUT2D eigenvalue weighted by Gasteiger charge is -2.15. The lowest BCUT2D eigenvalue weighted by molar-refractivity contribution is -0.114. The number of aliphatic imine (C=N–C) groups is 1. The van der Waals surface area contributed by atoms with Crippen LogP contribution in [0, 0.1) is 5.82 Å². The van der Waals surface area contributed by atoms with Crippen LogP contribution < -0.4 is 20.7 Å². The summed E-state index contributed by atoms with van der Waals surface area (Å²) in [6.07, 6.45) is 0.551. The van der Waals surface area contributed by atoms with Crippen LogP contribution in [0.1, 0.15) is 26.3 Å². The van der Waals surface area contributed by atoms with E-state index in [1.807, 2.05) is 38.1 Å². The maximum Gasteiger partial charge on any atom is 0.221 e. The summed E-state index contributed by atoms with van der Waals surface area (Å²) < 4.78 is 19.3. The van der Waals surface area contributed by atoms with E-state index in [9.17, 15) is 9.18 Å². The fraction of sp³-hybridized carbons (Fsp3) is 0.364. The standard InChI is InChI=1S/C22H29FN4O2.HI/c1-4-24-22(26-15-16(2)29-21-8-6-5-7-20(21)23)25-14-13-18-9-11-19(12-10-18)27-17(3)28;/h5-12,16H,4,13-15H2,1-3H3,(H,27,28)(H2,24,25,26);1H. The van der Waals surface area contributed by atoms with Gasteiger partial charge in [-0.3, -0.25) is 4.79 Å². The van der Waals surface area contributed by atoms with Gasteiger partial charge in [0.25, 0.3) is 0 Å². The molecule has 0 bridgehead atoms. The number of carbonyl (C=O) groups is 1. The van der Waals surface area contributed by atoms with Gasteiger partial charge in [0, 0.05) is 25.7 Å². The predicted octanol–water partition coefficient (Wildman–Crippen LogP) is 3.97. The van der Waals surface area contributed by atoms with E-state index in [1.54, 1.807) is 18.2 Å². The quantitative estimate of drug-likeness (QED) is 0.262. The van der Waals surface area contributed by atoms with Gasteiger partial charge in [-0.05, 0) is 50.1 Å². The Kier molecular flexibility index (Phi) is 11.8. The van der Waals surface area contributed by atoms with Crippen LogP contribution in [0.3, 0.4) is 0 Å². The summed E-state index contributed by atoms with van der Waals surface area (Å²) in [6, 6.07) is 14.1. The zero-order valence-electron chi connectivity index (χ0n) is 17.6. The van der Waals surface area contributed by atoms with Gasteiger partial charge >= 0.3 is 0 Å². The Bertz CT molecular complexity index is 815. The number of ether oxygens (including phenoxy) is 1. The normalized spacial score (nSPS) is 11.8. The minimum Gasteiger partial charge on any atom is -0.486 e. The van der Waals surface area contributed by atoms with Gasteiger partial charge in [-0.25, -0.2) is 9.38 Å². The van der Waals surface area contributed by atoms with Crippen LogP contribution in [0.15, 0.2) is 53.5 Å². The molecule has 0 spiro atoms. The van der Waals surface area contributed by atoms with Crippen LogP contribution in [-0.4, -0.2) is 37.6 Å². The number of rotatable bonds is 9. The number of carbonyl (C=O) groups excluding carboxylic acids is 1. The van der Waals surface area contributed by atoms with Crippen molar-refractivity contribution in [2.75, 3.05) is 25.0 Å². The highest BCUT2D eigenvalue weighted by Gasteiger charge is 2.08. The summed E-state index contributed by atoms with van der Waals surface area (Å²) in [4.78, 5) is 15.6. The molecule has 0 aliphatic carbocycles. The minimum absolute atomic E-state index is 0. The highest BCUT2D eigenvalue weighted by molar-refractivity contribution is 14.0. The molecule has 0 saturated heterocycles. The van der Waals surface area contributed by atoms with Crippen molar-refractivity contribution in [3.63, 3.8) is 0 Å². The van der Waals surface area contributed by atoms with Gasteiger partial charge in [0.15, 0.2) is 17.5 Å². The second-order valence-electron chi connectivity index (χ2n) is 6.63. The van der Waals surface area contributed by atoms with Crippen LogP contribution in [0.5, 0.6) is 5.75 Å². The summed E-state index contributed by atoms with van der Waals surface area (Å²) in [5.74, 6) is 0.458. The van der Waals surface area contributed by atoms with Gasteiger partial charge in [-0.15, -0.1) is 24.0 Å². The Morgan fingerprint density at radius 3 is 2.47 bits per heavy atom. The van der Waals surface area contributed by atoms with Gasteiger partial charge in [-0.1, -0.05) is 24.3 Å². The van der Waals surface area contributed by atoms with Gasteiger partial charge in [0.05, 0.1) is 6.54 Å². The number of para-hydroxylation sites is 1. The molecule has 1 unspecified atom stereocenters. The van der Waals surface area contributed by atoms with E-state index < -0.39 is 0 Å². The van der Waals surface area contributed by atoms with E-state index in [2.05, 4.69) is 20.9 Å². The molecule has 6 nitrogen and oxygen atoms in total. The Balaban J connectivity index is 0.00000450. The van der Waals surface area contributed by atoms with E-state index in [1.165, 1.54) is 13.0 Å². The highest BCUT2D eigenvalue weighted by atomic mass is 127. The monoisotopic (exact) mass is 528 g/mol. The predicted molar refractivity (Wildman–Crippen MR) is 130 cm³/mol. The zero-order valence-corrected chi connectivity index (χ0v) is 19.9. The molecule has 164 valence electrons. The molecule has 2 rings (SSSR count). The summed E-state index contributed by atoms with van der Waals surface area (Å²) >= 11 is 0. The molecule has 30 heavy (non-hydrogen) atoms. The van der Waals surface area contributed by atoms with Crippen molar-refractivity contribution in [2.45, 2.75) is 33.3 Å². The molecular weight excluding hydrogens is 498 g/mol. The largest absolute Gasteiger partial charge is 0.486 e. The van der Waals surface area contributed by atoms with Crippen molar-refractivity contribution in [2.24, 2.45) is 4.99 Å². The van der Waals surface area contributed by atoms with Gasteiger partial charge in [0.2, 0.25) is 5.91 Å². The fourth-order valence-corrected chi connectivity index (χ4v) is 2.64. The maximum atomic E-state index is 13.7. The molecule has 0 aliphatic rings. The van der Waals surface area contributed by atoms with Crippen molar-refractivity contribution in [1.82, 2.24) is 10.6 Å². The molecule has 0 aromatic heterocycles. The highest BCUT2D eigenvalue weighted by Crippen LogP contribution is 2.17. The Hall–Kier alpha value is -2.36. The lowest BCUT2D eigenvalue weighted by Crippen LogP contribution is -2.39. The Morgan fingerprint density at radius 2 is 1.83 bits per heavy atom. The summed E-state index contributed by atoms with van der Waals surface area (Å²) in [6.45, 7) is 7.18. The lowest BCUT2D eigenvalue weighted by atomic mass is 10.1. The molecule has 1 atom stereocenters. The Labute approximate surface area is 194 Å². The first kappa shape index (κ1) is 25.7. The molecule has 0 aliphatic heterocycles. The molecule has 0 fully saturated rings. The van der Waals surface area contributed by atoms with Crippen molar-refractivity contribution in [3.05, 3.63) is 59.9 Å². The SMILES string of the molecule is CCNC(=NCC(C)Oc1ccccc1F)NCCc1ccc(NC(C)=O)cc1.I. The average Bonchev–Trinajstić information content (AvgIpc) is 2.69. The first-order chi connectivity index (χ1) is 14.0. The topological polar surface area (TPSA) is 74.8 Å². The van der Waals surface area contributed by atoms with E-state index in [0.29, 0.717) is 19.0 Å². The first-order valence-electron chi connectivity index (χ1n) is 9.77. The van der Waals surface area contributed by atoms with E-state index in [4.69, 9.17) is 4.74 Å². The molecule has 0 saturated carbocycles. The van der Waals surface area contributed by atoms with Crippen LogP contribution in [0.25, 0.3) is 0 Å². The third-order valence-corrected chi connectivity index (χ3v) is 4.00. The van der Waals surface area contributed by atoms with E-state index in [0.717, 1.165) is 24.2 Å². The minimum atomic E-state index is -0.377. The molecule has 0 heterocycles. The van der Waals surface area contributed by atoms with Crippen molar-refractivity contribution in [1.29, 1.82) is 0 Å². The summed E-state index contributed by atoms with van der Waals surface area (Å²) in [7, 11) is 0. The second kappa shape index (κ2) is 13.8. The van der Waals surface area contributed by atoms with Crippen molar-refractivity contribution in [3.8, 4) is 5.75 Å². The molecule has 2 aromatic carbocycles. The molecule has 0 radical (unpaired) electrons. The molecule has 8 heteroatoms. The Morgan fingerprint density at radius 1 is 1.13 bits per heavy atom. The first-order valence-corrected chi connectivity index (χ1v) is 9.77. The van der Waals surface area contributed by atoms with Crippen molar-refractivity contribution >= 4 is 41.5 Å². The number of guanidine groups is 1. The van der Waals surface area contributed by atoms with Crippen molar-refractivity contribution < 1.29 is 13.9 Å². The van der Waals surface area contributed by atoms with E-state index >= 15 is 0 Å². The molecule has 2 aromatic rings. The summed E-state index contributed by atoms with van der Waals surface area (Å²) in [5, 5.41) is 9.23. The number of amides is 1. The van der Waals surface area contributed by atoms with Gasteiger partial charge in [-0.2, -0.15) is 0 Å². The number of nitrogens with one attached hydrogen (secondary N) is 3. The second-order valence-corrected chi connectivity index (χ2v) is 6.63. The number of benzene rings is 2. The van der Waals surface area contributed by atoms with Crippen LogP contribution in [0.4, 0.5) is 10.1 Å². The number of nitrogens with zero attached hydrogens (tertiary/aromatic N) is 1. The molecule has 3 N–H and O–H groups in total. The zero-order chi connectivity index (χ0) is 21.1. The number of halogens is 2. The fourth-order valence-electron chi connectivity index (χ4n) is 2.64. The molecular formula is C22H30FIN4O2. The number of hydrogen-bond donors (Lipinski definition) is 3. The van der Waals surface area contributed by atoms with Crippen LogP contribution in [0.2, 0.25) is 0 Å². The van der Waals surface area contributed by atoms with E-state index in [-0.39, 0.29) is 47.6 Å². The van der Waals surface area contributed by atoms with Gasteiger partial charge in [0.1, 0.15) is 6.10 Å². The van der Waals surface area contributed by atoms with Crippen LogP contribution in [-0.2, 0) is 11.2 Å². The average molecular weight is 528 g/mol. The summed E-state index contributed by atoms with van der Waals surface area (Å²) in [5.41, 5.74) is 1.94. The third-order valence-electron chi connectivity index (χ3n) is 4.00. The number of anilines is 1. The smallest absolute Gasteiger partial charge is 0.221 e. The van der Waals surface area contributed by atoms with Crippen LogP contribution >= 0.6 is 24.0 Å².